The molecule has 0 aromatic heterocycles. The number of nitrogens with zero attached hydrogens (tertiary/aromatic N) is 1. The van der Waals surface area contributed by atoms with Crippen molar-refractivity contribution in [3.05, 3.63) is 10.6 Å². The average Bonchev–Trinajstić information content (AvgIpc) is 2.71. The molecule has 2 aliphatic rings. The number of carbonyl (C=O) groups is 3. The van der Waals surface area contributed by atoms with E-state index in [1.807, 2.05) is 27.7 Å². The number of likely N-dealkylation sites (tertiary alicyclic amines) is 1. The van der Waals surface area contributed by atoms with Gasteiger partial charge >= 0.3 is 0 Å². The van der Waals surface area contributed by atoms with Gasteiger partial charge in [0.2, 0.25) is 5.91 Å². The summed E-state index contributed by atoms with van der Waals surface area (Å²) in [6.07, 6.45) is 1.62. The van der Waals surface area contributed by atoms with Crippen LogP contribution in [-0.4, -0.2) is 35.0 Å². The maximum atomic E-state index is 12.6. The number of amides is 1. The highest BCUT2D eigenvalue weighted by Gasteiger charge is 2.63. The Morgan fingerprint density at radius 3 is 2.33 bits per heavy atom. The predicted molar refractivity (Wildman–Crippen MR) is 80.9 cm³/mol. The Morgan fingerprint density at radius 1 is 1.33 bits per heavy atom. The first kappa shape index (κ1) is 16.5. The summed E-state index contributed by atoms with van der Waals surface area (Å²) in [5, 5.41) is 0. The third-order valence-electron chi connectivity index (χ3n) is 4.61. The lowest BCUT2D eigenvalue weighted by Crippen LogP contribution is -2.36. The van der Waals surface area contributed by atoms with Gasteiger partial charge in [-0.25, -0.2) is 0 Å². The fourth-order valence-electron chi connectivity index (χ4n) is 3.21. The van der Waals surface area contributed by atoms with E-state index in [1.54, 1.807) is 6.08 Å². The lowest BCUT2D eigenvalue weighted by atomic mass is 9.94. The molecule has 4 nitrogen and oxygen atoms in total. The summed E-state index contributed by atoms with van der Waals surface area (Å²) in [6.45, 7) is 7.52. The van der Waals surface area contributed by atoms with Crippen LogP contribution in [0.2, 0.25) is 0 Å². The molecule has 0 bridgehead atoms. The molecule has 0 N–H and O–H groups in total. The van der Waals surface area contributed by atoms with E-state index in [9.17, 15) is 14.4 Å². The van der Waals surface area contributed by atoms with Crippen LogP contribution in [0.5, 0.6) is 0 Å². The van der Waals surface area contributed by atoms with Crippen LogP contribution in [0.4, 0.5) is 0 Å². The number of halogens is 2. The van der Waals surface area contributed by atoms with Gasteiger partial charge in [0, 0.05) is 12.0 Å². The maximum Gasteiger partial charge on any atom is 0.241 e. The van der Waals surface area contributed by atoms with Crippen molar-refractivity contribution in [2.45, 2.75) is 33.7 Å². The van der Waals surface area contributed by atoms with Gasteiger partial charge in [-0.3, -0.25) is 14.4 Å². The molecule has 1 saturated carbocycles. The molecule has 1 aliphatic carbocycles. The van der Waals surface area contributed by atoms with Gasteiger partial charge in [-0.05, 0) is 31.3 Å². The molecule has 3 unspecified atom stereocenters. The molecule has 2 fully saturated rings. The standard InChI is InChI=1S/C15H19Cl2NO3/c1-7(2)18-6-9(19)11(14(18)21)13(20)12-8(5-10(16)17)15(12,3)4/h5,7-8,11-12H,6H2,1-4H3. The minimum atomic E-state index is -1.15. The minimum absolute atomic E-state index is 0.0246. The van der Waals surface area contributed by atoms with E-state index in [0.29, 0.717) is 0 Å². The van der Waals surface area contributed by atoms with Gasteiger partial charge in [0.15, 0.2) is 17.5 Å². The van der Waals surface area contributed by atoms with E-state index < -0.39 is 5.92 Å². The number of hydrogen-bond acceptors (Lipinski definition) is 3. The molecule has 2 rings (SSSR count). The maximum absolute atomic E-state index is 12.6. The van der Waals surface area contributed by atoms with Crippen molar-refractivity contribution in [2.75, 3.05) is 6.54 Å². The number of hydrogen-bond donors (Lipinski definition) is 0. The smallest absolute Gasteiger partial charge is 0.241 e. The Bertz CT molecular complexity index is 535. The summed E-state index contributed by atoms with van der Waals surface area (Å²) >= 11 is 11.3. The highest BCUT2D eigenvalue weighted by molar-refractivity contribution is 6.55. The van der Waals surface area contributed by atoms with Crippen molar-refractivity contribution in [2.24, 2.45) is 23.2 Å². The second-order valence-electron chi connectivity index (χ2n) is 6.64. The van der Waals surface area contributed by atoms with Crippen molar-refractivity contribution in [3.8, 4) is 0 Å². The zero-order valence-corrected chi connectivity index (χ0v) is 14.0. The summed E-state index contributed by atoms with van der Waals surface area (Å²) in [6, 6.07) is -0.0838. The van der Waals surface area contributed by atoms with Crippen molar-refractivity contribution >= 4 is 40.7 Å². The molecular weight excluding hydrogens is 313 g/mol. The molecule has 0 spiro atoms. The van der Waals surface area contributed by atoms with Gasteiger partial charge in [-0.1, -0.05) is 37.0 Å². The summed E-state index contributed by atoms with van der Waals surface area (Å²) < 4.78 is 0.108. The van der Waals surface area contributed by atoms with Gasteiger partial charge in [0.1, 0.15) is 4.49 Å². The fraction of sp³-hybridized carbons (Fsp3) is 0.667. The fourth-order valence-corrected chi connectivity index (χ4v) is 3.48. The second-order valence-corrected chi connectivity index (χ2v) is 7.65. The van der Waals surface area contributed by atoms with Gasteiger partial charge < -0.3 is 4.90 Å². The molecule has 1 saturated heterocycles. The summed E-state index contributed by atoms with van der Waals surface area (Å²) in [7, 11) is 0. The van der Waals surface area contributed by atoms with Crippen molar-refractivity contribution in [3.63, 3.8) is 0 Å². The third-order valence-corrected chi connectivity index (χ3v) is 4.86. The van der Waals surface area contributed by atoms with Gasteiger partial charge in [-0.2, -0.15) is 0 Å². The van der Waals surface area contributed by atoms with Crippen LogP contribution >= 0.6 is 23.2 Å². The Morgan fingerprint density at radius 2 is 1.90 bits per heavy atom. The molecule has 1 heterocycles. The highest BCUT2D eigenvalue weighted by atomic mass is 35.5. The molecule has 1 amide bonds. The monoisotopic (exact) mass is 331 g/mol. The first-order chi connectivity index (χ1) is 9.59. The molecule has 1 aliphatic heterocycles. The number of Topliss-reactive ketones (excluding diaryl/α,β-unsaturated/α-hetero) is 2. The molecule has 6 heteroatoms. The first-order valence-corrected chi connectivity index (χ1v) is 7.74. The predicted octanol–water partition coefficient (Wildman–Crippen LogP) is 2.58. The summed E-state index contributed by atoms with van der Waals surface area (Å²) in [5.41, 5.74) is -0.322. The molecule has 21 heavy (non-hydrogen) atoms. The largest absolute Gasteiger partial charge is 0.332 e. The molecule has 0 aromatic rings. The third kappa shape index (κ3) is 2.76. The topological polar surface area (TPSA) is 54.5 Å². The Hall–Kier alpha value is -0.870. The number of ketones is 2. The van der Waals surface area contributed by atoms with Crippen LogP contribution < -0.4 is 0 Å². The van der Waals surface area contributed by atoms with E-state index in [-0.39, 0.29) is 51.8 Å². The number of carbonyl (C=O) groups excluding carboxylic acids is 3. The Balaban J connectivity index is 2.20. The van der Waals surface area contributed by atoms with Crippen LogP contribution in [0.25, 0.3) is 0 Å². The van der Waals surface area contributed by atoms with Crippen LogP contribution in [-0.2, 0) is 14.4 Å². The van der Waals surface area contributed by atoms with Crippen LogP contribution in [0.1, 0.15) is 27.7 Å². The molecule has 0 radical (unpaired) electrons. The van der Waals surface area contributed by atoms with Gasteiger partial charge in [0.25, 0.3) is 0 Å². The molecule has 116 valence electrons. The zero-order valence-electron chi connectivity index (χ0n) is 12.5. The first-order valence-electron chi connectivity index (χ1n) is 6.98. The van der Waals surface area contributed by atoms with Crippen LogP contribution in [0.15, 0.2) is 10.6 Å². The lowest BCUT2D eigenvalue weighted by molar-refractivity contribution is -0.140. The highest BCUT2D eigenvalue weighted by Crippen LogP contribution is 2.61. The normalized spacial score (nSPS) is 30.8. The lowest BCUT2D eigenvalue weighted by Gasteiger charge is -2.19. The van der Waals surface area contributed by atoms with Crippen molar-refractivity contribution in [1.82, 2.24) is 4.90 Å². The number of allylic oxidation sites excluding steroid dienone is 1. The van der Waals surface area contributed by atoms with E-state index in [4.69, 9.17) is 23.2 Å². The van der Waals surface area contributed by atoms with Crippen LogP contribution in [0, 0.1) is 23.2 Å². The van der Waals surface area contributed by atoms with E-state index in [2.05, 4.69) is 0 Å². The van der Waals surface area contributed by atoms with E-state index in [0.717, 1.165) is 0 Å². The summed E-state index contributed by atoms with van der Waals surface area (Å²) in [4.78, 5) is 38.4. The average molecular weight is 332 g/mol. The van der Waals surface area contributed by atoms with Gasteiger partial charge in [0.05, 0.1) is 6.54 Å². The zero-order chi connectivity index (χ0) is 16.1. The Kier molecular flexibility index (Phi) is 4.24. The summed E-state index contributed by atoms with van der Waals surface area (Å²) in [5.74, 6) is -2.62. The van der Waals surface area contributed by atoms with Crippen molar-refractivity contribution < 1.29 is 14.4 Å². The SMILES string of the molecule is CC(C)N1CC(=O)C(C(=O)C2C(C=C(Cl)Cl)C2(C)C)C1=O. The molecular formula is C15H19Cl2NO3. The van der Waals surface area contributed by atoms with E-state index >= 15 is 0 Å². The Labute approximate surface area is 134 Å². The number of rotatable bonds is 4. The quantitative estimate of drug-likeness (QED) is 0.744. The van der Waals surface area contributed by atoms with Crippen LogP contribution in [0.3, 0.4) is 0 Å². The molecule has 3 atom stereocenters. The molecule has 0 aromatic carbocycles. The minimum Gasteiger partial charge on any atom is -0.332 e. The van der Waals surface area contributed by atoms with Crippen molar-refractivity contribution in [1.29, 1.82) is 0 Å². The van der Waals surface area contributed by atoms with Gasteiger partial charge in [-0.15, -0.1) is 0 Å². The second kappa shape index (κ2) is 5.40. The van der Waals surface area contributed by atoms with E-state index in [1.165, 1.54) is 4.90 Å².